The van der Waals surface area contributed by atoms with E-state index in [-0.39, 0.29) is 6.61 Å². The van der Waals surface area contributed by atoms with Gasteiger partial charge in [-0.3, -0.25) is 4.18 Å². The molecule has 0 saturated carbocycles. The highest BCUT2D eigenvalue weighted by atomic mass is 32.7. The van der Waals surface area contributed by atoms with Crippen molar-refractivity contribution in [2.24, 2.45) is 0 Å². The zero-order valence-electron chi connectivity index (χ0n) is 6.30. The van der Waals surface area contributed by atoms with E-state index in [1.807, 2.05) is 18.2 Å². The molecule has 1 unspecified atom stereocenters. The lowest BCUT2D eigenvalue weighted by atomic mass is 10.2. The molecule has 0 bridgehead atoms. The summed E-state index contributed by atoms with van der Waals surface area (Å²) < 4.78 is 25.6. The van der Waals surface area contributed by atoms with Gasteiger partial charge in [-0.05, 0) is 5.56 Å². The summed E-state index contributed by atoms with van der Waals surface area (Å²) in [6.45, 7) is 0.0900. The van der Waals surface area contributed by atoms with Gasteiger partial charge < -0.3 is 0 Å². The van der Waals surface area contributed by atoms with Crippen LogP contribution in [0.3, 0.4) is 0 Å². The molecule has 66 valence electrons. The zero-order chi connectivity index (χ0) is 9.03. The Hall–Kier alpha value is -0.440. The Morgan fingerprint density at radius 1 is 1.25 bits per heavy atom. The fourth-order valence-corrected chi connectivity index (χ4v) is 1.23. The molecule has 5 heteroatoms. The van der Waals surface area contributed by atoms with Gasteiger partial charge in [-0.1, -0.05) is 30.3 Å². The first-order valence-electron chi connectivity index (χ1n) is 3.29. The maximum absolute atomic E-state index is 10.5. The van der Waals surface area contributed by atoms with Crippen LogP contribution in [0.2, 0.25) is 0 Å². The summed E-state index contributed by atoms with van der Waals surface area (Å²) in [5, 5.41) is 0. The van der Waals surface area contributed by atoms with E-state index >= 15 is 0 Å². The lowest BCUT2D eigenvalue weighted by molar-refractivity contribution is 0.319. The van der Waals surface area contributed by atoms with Gasteiger partial charge in [0.05, 0.1) is 6.61 Å². The Bertz CT molecular complexity index is 333. The number of hydrogen-bond acceptors (Lipinski definition) is 3. The zero-order valence-corrected chi connectivity index (χ0v) is 8.28. The largest absolute Gasteiger partial charge is 0.277 e. The average molecular weight is 204 g/mol. The Kier molecular flexibility index (Phi) is 3.20. The highest BCUT2D eigenvalue weighted by molar-refractivity contribution is 8.34. The third kappa shape index (κ3) is 3.81. The Balaban J connectivity index is 2.56. The summed E-state index contributed by atoms with van der Waals surface area (Å²) in [5.41, 5.74) is 0.837. The average Bonchev–Trinajstić information content (AvgIpc) is 2.02. The highest BCUT2D eigenvalue weighted by Gasteiger charge is 2.00. The lowest BCUT2D eigenvalue weighted by Gasteiger charge is -1.99. The molecule has 1 rings (SSSR count). The molecule has 0 spiro atoms. The third-order valence-corrected chi connectivity index (χ3v) is 2.09. The number of rotatable bonds is 3. The fourth-order valence-electron chi connectivity index (χ4n) is 0.724. The van der Waals surface area contributed by atoms with Gasteiger partial charge in [0, 0.05) is 8.44 Å². The molecule has 0 saturated heterocycles. The van der Waals surface area contributed by atoms with Crippen LogP contribution < -0.4 is 0 Å². The van der Waals surface area contributed by atoms with Crippen LogP contribution >= 0.6 is 8.44 Å². The van der Waals surface area contributed by atoms with Crippen LogP contribution in [0.5, 0.6) is 0 Å². The molecule has 1 atom stereocenters. The smallest absolute Gasteiger partial charge is 0.263 e. The molecule has 0 aromatic heterocycles. The van der Waals surface area contributed by atoms with Gasteiger partial charge >= 0.3 is 0 Å². The molecule has 0 fully saturated rings. The van der Waals surface area contributed by atoms with E-state index in [1.165, 1.54) is 0 Å². The van der Waals surface area contributed by atoms with Gasteiger partial charge in [0.25, 0.3) is 9.74 Å². The van der Waals surface area contributed by atoms with Crippen LogP contribution in [0.25, 0.3) is 0 Å². The summed E-state index contributed by atoms with van der Waals surface area (Å²) in [5.74, 6) is 0. The molecule has 0 amide bonds. The quantitative estimate of drug-likeness (QED) is 0.697. The first-order chi connectivity index (χ1) is 5.58. The molecule has 12 heavy (non-hydrogen) atoms. The second-order valence-corrected chi connectivity index (χ2v) is 5.19. The van der Waals surface area contributed by atoms with Crippen molar-refractivity contribution in [3.8, 4) is 0 Å². The standard InChI is InChI=1S/C7H9O3PS/c8-12(9,11)10-6-7-4-2-1-3-5-7/h1-5H,6,11H2. The van der Waals surface area contributed by atoms with Crippen LogP contribution in [0, 0.1) is 0 Å². The van der Waals surface area contributed by atoms with Crippen molar-refractivity contribution >= 4 is 18.2 Å². The maximum Gasteiger partial charge on any atom is 0.277 e. The van der Waals surface area contributed by atoms with Crippen molar-refractivity contribution in [1.29, 1.82) is 0 Å². The summed E-state index contributed by atoms with van der Waals surface area (Å²) in [6.07, 6.45) is 0. The van der Waals surface area contributed by atoms with Gasteiger partial charge in [-0.25, -0.2) is 0 Å². The van der Waals surface area contributed by atoms with Crippen molar-refractivity contribution in [2.75, 3.05) is 0 Å². The monoisotopic (exact) mass is 204 g/mol. The van der Waals surface area contributed by atoms with Crippen LogP contribution in [0.15, 0.2) is 30.3 Å². The second kappa shape index (κ2) is 3.99. The van der Waals surface area contributed by atoms with Crippen molar-refractivity contribution in [3.05, 3.63) is 35.9 Å². The number of benzene rings is 1. The van der Waals surface area contributed by atoms with E-state index in [9.17, 15) is 8.42 Å². The van der Waals surface area contributed by atoms with Crippen molar-refractivity contribution < 1.29 is 12.6 Å². The molecular weight excluding hydrogens is 195 g/mol. The first-order valence-corrected chi connectivity index (χ1v) is 6.17. The van der Waals surface area contributed by atoms with E-state index in [1.54, 1.807) is 20.6 Å². The predicted molar refractivity (Wildman–Crippen MR) is 49.9 cm³/mol. The lowest BCUT2D eigenvalue weighted by Crippen LogP contribution is -1.96. The molecular formula is C7H9O3PS. The van der Waals surface area contributed by atoms with E-state index in [2.05, 4.69) is 4.18 Å². The normalized spacial score (nSPS) is 11.4. The van der Waals surface area contributed by atoms with Crippen molar-refractivity contribution in [1.82, 2.24) is 0 Å². The van der Waals surface area contributed by atoms with E-state index in [4.69, 9.17) is 0 Å². The van der Waals surface area contributed by atoms with E-state index in [0.717, 1.165) is 5.56 Å². The Morgan fingerprint density at radius 3 is 2.33 bits per heavy atom. The van der Waals surface area contributed by atoms with Gasteiger partial charge in [0.15, 0.2) is 0 Å². The summed E-state index contributed by atoms with van der Waals surface area (Å²) >= 11 is 0. The van der Waals surface area contributed by atoms with Gasteiger partial charge in [0.2, 0.25) is 0 Å². The molecule has 0 aliphatic heterocycles. The maximum atomic E-state index is 10.5. The predicted octanol–water partition coefficient (Wildman–Crippen LogP) is 1.32. The molecule has 1 aromatic rings. The Morgan fingerprint density at radius 2 is 1.83 bits per heavy atom. The van der Waals surface area contributed by atoms with Crippen molar-refractivity contribution in [3.63, 3.8) is 0 Å². The first kappa shape index (κ1) is 9.65. The fraction of sp³-hybridized carbons (Fsp3) is 0.143. The van der Waals surface area contributed by atoms with Crippen LogP contribution in [-0.2, 0) is 20.5 Å². The second-order valence-electron chi connectivity index (χ2n) is 2.24. The summed E-state index contributed by atoms with van der Waals surface area (Å²) in [7, 11) is -1.77. The van der Waals surface area contributed by atoms with Crippen LogP contribution in [0.1, 0.15) is 5.56 Å². The minimum atomic E-state index is -3.41. The van der Waals surface area contributed by atoms with Gasteiger partial charge in [0.1, 0.15) is 0 Å². The Labute approximate surface area is 73.8 Å². The minimum Gasteiger partial charge on any atom is -0.263 e. The SMILES string of the molecule is O=S(=O)(P)OCc1ccccc1. The number of hydrogen-bond donors (Lipinski definition) is 0. The highest BCUT2D eigenvalue weighted by Crippen LogP contribution is 2.08. The topological polar surface area (TPSA) is 43.4 Å². The molecule has 0 radical (unpaired) electrons. The van der Waals surface area contributed by atoms with E-state index in [0.29, 0.717) is 0 Å². The molecule has 0 N–H and O–H groups in total. The van der Waals surface area contributed by atoms with Gasteiger partial charge in [-0.2, -0.15) is 8.42 Å². The van der Waals surface area contributed by atoms with Crippen LogP contribution in [0.4, 0.5) is 0 Å². The van der Waals surface area contributed by atoms with Gasteiger partial charge in [-0.15, -0.1) is 0 Å². The van der Waals surface area contributed by atoms with Crippen LogP contribution in [-0.4, -0.2) is 8.42 Å². The summed E-state index contributed by atoms with van der Waals surface area (Å²) in [6, 6.07) is 9.12. The molecule has 0 aliphatic carbocycles. The molecule has 0 heterocycles. The molecule has 1 aromatic carbocycles. The molecule has 3 nitrogen and oxygen atoms in total. The molecule has 0 aliphatic rings. The third-order valence-electron chi connectivity index (χ3n) is 1.23. The van der Waals surface area contributed by atoms with Crippen molar-refractivity contribution in [2.45, 2.75) is 6.61 Å². The van der Waals surface area contributed by atoms with E-state index < -0.39 is 9.74 Å². The minimum absolute atomic E-state index is 0.0900. The summed E-state index contributed by atoms with van der Waals surface area (Å²) in [4.78, 5) is 0.